The molecule has 8 heteroatoms. The van der Waals surface area contributed by atoms with Crippen LogP contribution in [0.2, 0.25) is 0 Å². The summed E-state index contributed by atoms with van der Waals surface area (Å²) >= 11 is 0. The molecule has 0 aliphatic rings. The first-order chi connectivity index (χ1) is 16.3. The topological polar surface area (TPSA) is 90.4 Å². The van der Waals surface area contributed by atoms with E-state index in [-0.39, 0.29) is 24.0 Å². The van der Waals surface area contributed by atoms with Crippen LogP contribution >= 0.6 is 0 Å². The van der Waals surface area contributed by atoms with E-state index >= 15 is 0 Å². The summed E-state index contributed by atoms with van der Waals surface area (Å²) in [6, 6.07) is 18.0. The smallest absolute Gasteiger partial charge is 0.264 e. The van der Waals surface area contributed by atoms with Gasteiger partial charge in [0.1, 0.15) is 11.5 Å². The summed E-state index contributed by atoms with van der Waals surface area (Å²) in [6.07, 6.45) is 5.10. The average Bonchev–Trinajstić information content (AvgIpc) is 2.82. The zero-order valence-electron chi connectivity index (χ0n) is 19.6. The van der Waals surface area contributed by atoms with Crippen LogP contribution in [0.4, 0.5) is 5.95 Å². The van der Waals surface area contributed by atoms with Crippen LogP contribution in [0.25, 0.3) is 0 Å². The molecule has 0 spiro atoms. The van der Waals surface area contributed by atoms with E-state index in [1.165, 1.54) is 24.6 Å². The van der Waals surface area contributed by atoms with Gasteiger partial charge >= 0.3 is 0 Å². The Morgan fingerprint density at radius 3 is 1.76 bits per heavy atom. The largest absolute Gasteiger partial charge is 0.438 e. The number of hydrogen-bond donors (Lipinski definition) is 1. The second-order valence-corrected chi connectivity index (χ2v) is 8.62. The molecule has 1 aromatic heterocycles. The first kappa shape index (κ1) is 26.3. The minimum atomic E-state index is -3.99. The van der Waals surface area contributed by atoms with Gasteiger partial charge in [-0.1, -0.05) is 75.9 Å². The second-order valence-electron chi connectivity index (χ2n) is 6.93. The Hall–Kier alpha value is -3.91. The molecule has 0 aliphatic heterocycles. The number of para-hydroxylation sites is 2. The molecular formula is C26H31N3O4S. The molecule has 0 amide bonds. The van der Waals surface area contributed by atoms with E-state index in [0.29, 0.717) is 17.1 Å². The molecule has 0 saturated carbocycles. The van der Waals surface area contributed by atoms with Gasteiger partial charge in [0.2, 0.25) is 17.7 Å². The maximum atomic E-state index is 12.7. The molecule has 3 aromatic rings. The van der Waals surface area contributed by atoms with E-state index in [2.05, 4.69) is 41.7 Å². The first-order valence-corrected chi connectivity index (χ1v) is 12.1. The lowest BCUT2D eigenvalue weighted by Crippen LogP contribution is -2.16. The van der Waals surface area contributed by atoms with Crippen LogP contribution in [0, 0.1) is 6.92 Å². The van der Waals surface area contributed by atoms with Gasteiger partial charge in [-0.15, -0.1) is 0 Å². The molecular weight excluding hydrogens is 450 g/mol. The summed E-state index contributed by atoms with van der Waals surface area (Å²) in [5.41, 5.74) is 0.501. The normalized spacial score (nSPS) is 11.0. The number of nitrogens with one attached hydrogen (secondary N) is 1. The number of nitrogens with zero attached hydrogens (tertiary/aromatic N) is 2. The quantitative estimate of drug-likeness (QED) is 0.330. The van der Waals surface area contributed by atoms with Gasteiger partial charge in [0.15, 0.2) is 0 Å². The minimum absolute atomic E-state index is 0. The summed E-state index contributed by atoms with van der Waals surface area (Å²) in [5, 5.41) is 0. The highest BCUT2D eigenvalue weighted by molar-refractivity contribution is 7.96. The van der Waals surface area contributed by atoms with Crippen molar-refractivity contribution < 1.29 is 19.3 Å². The van der Waals surface area contributed by atoms with Crippen molar-refractivity contribution in [2.75, 3.05) is 4.72 Å². The van der Waals surface area contributed by atoms with E-state index in [9.17, 15) is 8.42 Å². The van der Waals surface area contributed by atoms with Crippen LogP contribution in [-0.4, -0.2) is 18.4 Å². The molecule has 34 heavy (non-hydrogen) atoms. The van der Waals surface area contributed by atoms with Crippen molar-refractivity contribution in [2.24, 2.45) is 0 Å². The Morgan fingerprint density at radius 1 is 0.941 bits per heavy atom. The highest BCUT2D eigenvalue weighted by atomic mass is 32.2. The molecule has 0 aliphatic carbocycles. The van der Waals surface area contributed by atoms with Crippen LogP contribution in [0.5, 0.6) is 23.3 Å². The van der Waals surface area contributed by atoms with Crippen molar-refractivity contribution in [3.8, 4) is 23.3 Å². The third kappa shape index (κ3) is 7.60. The predicted octanol–water partition coefficient (Wildman–Crippen LogP) is 7.03. The van der Waals surface area contributed by atoms with E-state index in [4.69, 9.17) is 9.47 Å². The maximum Gasteiger partial charge on any atom is 0.264 e. The lowest BCUT2D eigenvalue weighted by atomic mass is 10.3. The molecule has 7 nitrogen and oxygen atoms in total. The Morgan fingerprint density at radius 2 is 1.38 bits per heavy atom. The number of ether oxygens (including phenoxy) is 2. The van der Waals surface area contributed by atoms with Gasteiger partial charge in [-0.3, -0.25) is 0 Å². The van der Waals surface area contributed by atoms with E-state index in [0.717, 1.165) is 0 Å². The molecule has 1 N–H and O–H groups in total. The van der Waals surface area contributed by atoms with E-state index < -0.39 is 10.0 Å². The number of rotatable bonds is 9. The fraction of sp³-hybridized carbons (Fsp3) is 0.154. The molecule has 0 unspecified atom stereocenters. The van der Waals surface area contributed by atoms with Crippen molar-refractivity contribution in [2.45, 2.75) is 27.2 Å². The highest BCUT2D eigenvalue weighted by Crippen LogP contribution is 2.32. The lowest BCUT2D eigenvalue weighted by molar-refractivity contribution is 0.428. The van der Waals surface area contributed by atoms with Gasteiger partial charge in [0.25, 0.3) is 10.0 Å². The van der Waals surface area contributed by atoms with Gasteiger partial charge in [-0.05, 0) is 43.3 Å². The van der Waals surface area contributed by atoms with Crippen LogP contribution in [0.15, 0.2) is 97.0 Å². The SMILES string of the molecule is C=C/C=C(\C=C)S(=O)(=O)Nc1nc(Oc2ccccc2)c(C)c(Oc2ccccc2)n1.CCC.[HH]. The van der Waals surface area contributed by atoms with E-state index in [1.807, 2.05) is 36.4 Å². The van der Waals surface area contributed by atoms with Crippen LogP contribution in [-0.2, 0) is 10.0 Å². The van der Waals surface area contributed by atoms with Crippen molar-refractivity contribution in [1.82, 2.24) is 9.97 Å². The molecule has 0 atom stereocenters. The molecule has 0 bridgehead atoms. The van der Waals surface area contributed by atoms with Crippen LogP contribution in [0.3, 0.4) is 0 Å². The van der Waals surface area contributed by atoms with Crippen LogP contribution in [0.1, 0.15) is 27.3 Å². The fourth-order valence-corrected chi connectivity index (χ4v) is 3.43. The van der Waals surface area contributed by atoms with Crippen molar-refractivity contribution >= 4 is 16.0 Å². The van der Waals surface area contributed by atoms with Gasteiger partial charge in [-0.25, -0.2) is 13.1 Å². The fourth-order valence-electron chi connectivity index (χ4n) is 2.48. The number of benzene rings is 2. The van der Waals surface area contributed by atoms with Crippen molar-refractivity contribution in [3.05, 3.63) is 103 Å². The number of allylic oxidation sites excluding steroid dienone is 3. The molecule has 0 radical (unpaired) electrons. The summed E-state index contributed by atoms with van der Waals surface area (Å²) in [4.78, 5) is 8.40. The van der Waals surface area contributed by atoms with Crippen molar-refractivity contribution in [3.63, 3.8) is 0 Å². The second kappa shape index (κ2) is 13.0. The Kier molecular flexibility index (Phi) is 10.0. The standard InChI is InChI=1S/C23H21N3O4S.C3H8.H2/c1-4-12-20(5-2)31(27,28)26-23-24-21(29-18-13-8-6-9-14-18)17(3)22(25-23)30-19-15-10-7-11-16-19;1-3-2;/h4-16H,1-2H2,3H3,(H,24,25,26);3H2,1-2H3;1H/b20-12+;;. The summed E-state index contributed by atoms with van der Waals surface area (Å²) in [5.74, 6) is 1.15. The van der Waals surface area contributed by atoms with Gasteiger partial charge < -0.3 is 9.47 Å². The number of hydrogen-bond acceptors (Lipinski definition) is 6. The van der Waals surface area contributed by atoms with Crippen molar-refractivity contribution in [1.29, 1.82) is 0 Å². The molecule has 180 valence electrons. The zero-order chi connectivity index (χ0) is 25.0. The van der Waals surface area contributed by atoms with Gasteiger partial charge in [0, 0.05) is 1.43 Å². The van der Waals surface area contributed by atoms with E-state index in [1.54, 1.807) is 31.2 Å². The number of aromatic nitrogens is 2. The molecule has 0 fully saturated rings. The predicted molar refractivity (Wildman–Crippen MR) is 139 cm³/mol. The summed E-state index contributed by atoms with van der Waals surface area (Å²) in [6.45, 7) is 13.0. The minimum Gasteiger partial charge on any atom is -0.438 e. The summed E-state index contributed by atoms with van der Waals surface area (Å²) in [7, 11) is -3.99. The zero-order valence-corrected chi connectivity index (χ0v) is 20.4. The Labute approximate surface area is 203 Å². The first-order valence-electron chi connectivity index (χ1n) is 10.7. The Bertz CT molecular complexity index is 1170. The van der Waals surface area contributed by atoms with Gasteiger partial charge in [-0.2, -0.15) is 9.97 Å². The summed E-state index contributed by atoms with van der Waals surface area (Å²) < 4.78 is 39.4. The molecule has 3 rings (SSSR count). The maximum absolute atomic E-state index is 12.7. The third-order valence-corrected chi connectivity index (χ3v) is 5.37. The highest BCUT2D eigenvalue weighted by Gasteiger charge is 2.20. The molecule has 0 saturated heterocycles. The Balaban J connectivity index is 0.00000145. The average molecular weight is 482 g/mol. The lowest BCUT2D eigenvalue weighted by Gasteiger charge is -2.14. The number of sulfonamides is 1. The molecule has 2 aromatic carbocycles. The molecule has 1 heterocycles. The third-order valence-electron chi connectivity index (χ3n) is 3.99. The number of anilines is 1. The van der Waals surface area contributed by atoms with Gasteiger partial charge in [0.05, 0.1) is 10.5 Å². The van der Waals surface area contributed by atoms with Crippen LogP contribution < -0.4 is 14.2 Å². The monoisotopic (exact) mass is 481 g/mol.